The monoisotopic (exact) mass is 474 g/mol. The van der Waals surface area contributed by atoms with Crippen molar-refractivity contribution in [1.29, 1.82) is 0 Å². The summed E-state index contributed by atoms with van der Waals surface area (Å²) in [6.45, 7) is 2.74. The zero-order chi connectivity index (χ0) is 22.0. The van der Waals surface area contributed by atoms with E-state index in [1.165, 1.54) is 5.56 Å². The van der Waals surface area contributed by atoms with E-state index in [1.54, 1.807) is 30.3 Å². The van der Waals surface area contributed by atoms with Crippen molar-refractivity contribution in [2.75, 3.05) is 11.4 Å². The minimum absolute atomic E-state index is 0.0814. The van der Waals surface area contributed by atoms with Crippen molar-refractivity contribution in [1.82, 2.24) is 4.72 Å². The maximum atomic E-state index is 13.0. The predicted molar refractivity (Wildman–Crippen MR) is 128 cm³/mol. The molecule has 2 atom stereocenters. The molecule has 0 spiro atoms. The van der Waals surface area contributed by atoms with Gasteiger partial charge in [0.15, 0.2) is 0 Å². The highest BCUT2D eigenvalue weighted by atomic mass is 35.5. The Kier molecular flexibility index (Phi) is 6.58. The third-order valence-electron chi connectivity index (χ3n) is 5.70. The van der Waals surface area contributed by atoms with Gasteiger partial charge >= 0.3 is 0 Å². The molecule has 31 heavy (non-hydrogen) atoms. The van der Waals surface area contributed by atoms with Crippen LogP contribution in [0.5, 0.6) is 0 Å². The smallest absolute Gasteiger partial charge is 0.240 e. The molecule has 0 amide bonds. The van der Waals surface area contributed by atoms with Crippen LogP contribution in [0.25, 0.3) is 0 Å². The number of hydrogen-bond donors (Lipinski definition) is 1. The number of nitrogens with one attached hydrogen (secondary N) is 1. The van der Waals surface area contributed by atoms with Crippen molar-refractivity contribution in [2.45, 2.75) is 36.7 Å². The summed E-state index contributed by atoms with van der Waals surface area (Å²) in [5.74, 6) is 0. The van der Waals surface area contributed by atoms with Crippen molar-refractivity contribution < 1.29 is 8.42 Å². The molecule has 0 saturated heterocycles. The topological polar surface area (TPSA) is 49.4 Å². The molecule has 7 heteroatoms. The molecule has 0 aliphatic carbocycles. The zero-order valence-electron chi connectivity index (χ0n) is 17.1. The first-order chi connectivity index (χ1) is 14.8. The average Bonchev–Trinajstić information content (AvgIpc) is 3.16. The van der Waals surface area contributed by atoms with E-state index in [-0.39, 0.29) is 17.0 Å². The normalized spacial score (nSPS) is 15.5. The second-order valence-electron chi connectivity index (χ2n) is 7.84. The van der Waals surface area contributed by atoms with Gasteiger partial charge in [-0.05, 0) is 73.4 Å². The van der Waals surface area contributed by atoms with E-state index in [0.717, 1.165) is 24.2 Å². The summed E-state index contributed by atoms with van der Waals surface area (Å²) >= 11 is 12.3. The number of halogens is 2. The Balaban J connectivity index is 1.65. The van der Waals surface area contributed by atoms with Gasteiger partial charge in [0, 0.05) is 34.4 Å². The molecule has 2 unspecified atom stereocenters. The van der Waals surface area contributed by atoms with Gasteiger partial charge in [-0.2, -0.15) is 0 Å². The summed E-state index contributed by atoms with van der Waals surface area (Å²) in [6, 6.07) is 21.7. The molecule has 4 rings (SSSR count). The van der Waals surface area contributed by atoms with E-state index in [1.807, 2.05) is 49.4 Å². The fraction of sp³-hybridized carbons (Fsp3) is 0.250. The number of rotatable bonds is 7. The molecule has 1 aliphatic heterocycles. The lowest BCUT2D eigenvalue weighted by atomic mass is 9.99. The minimum atomic E-state index is -3.64. The average molecular weight is 475 g/mol. The SMILES string of the molecule is CC(NS(=O)(=O)c1ccccc1)C(Cc1ccc(Cl)cc1)N1CCc2cc(Cl)ccc21. The Labute approximate surface area is 193 Å². The summed E-state index contributed by atoms with van der Waals surface area (Å²) in [5.41, 5.74) is 3.39. The second-order valence-corrected chi connectivity index (χ2v) is 10.4. The Hall–Kier alpha value is -2.05. The Morgan fingerprint density at radius 3 is 2.35 bits per heavy atom. The number of hydrogen-bond acceptors (Lipinski definition) is 3. The third-order valence-corrected chi connectivity index (χ3v) is 7.77. The van der Waals surface area contributed by atoms with E-state index in [9.17, 15) is 8.42 Å². The van der Waals surface area contributed by atoms with Crippen molar-refractivity contribution in [3.8, 4) is 0 Å². The van der Waals surface area contributed by atoms with Crippen LogP contribution in [0.1, 0.15) is 18.1 Å². The first-order valence-corrected chi connectivity index (χ1v) is 12.4. The predicted octanol–water partition coefficient (Wildman–Crippen LogP) is 5.33. The molecule has 162 valence electrons. The molecule has 1 heterocycles. The van der Waals surface area contributed by atoms with Crippen LogP contribution >= 0.6 is 23.2 Å². The molecular weight excluding hydrogens is 451 g/mol. The van der Waals surface area contributed by atoms with Crippen LogP contribution in [0.15, 0.2) is 77.7 Å². The number of nitrogens with zero attached hydrogens (tertiary/aromatic N) is 1. The van der Waals surface area contributed by atoms with E-state index in [2.05, 4.69) is 9.62 Å². The number of sulfonamides is 1. The largest absolute Gasteiger partial charge is 0.366 e. The van der Waals surface area contributed by atoms with Gasteiger partial charge in [-0.15, -0.1) is 0 Å². The van der Waals surface area contributed by atoms with Gasteiger partial charge in [0.25, 0.3) is 0 Å². The van der Waals surface area contributed by atoms with Gasteiger partial charge in [-0.3, -0.25) is 0 Å². The van der Waals surface area contributed by atoms with Gasteiger partial charge in [-0.25, -0.2) is 13.1 Å². The van der Waals surface area contributed by atoms with Crippen LogP contribution in [-0.4, -0.2) is 27.0 Å². The molecule has 1 aliphatic rings. The highest BCUT2D eigenvalue weighted by molar-refractivity contribution is 7.89. The van der Waals surface area contributed by atoms with Gasteiger partial charge in [0.2, 0.25) is 10.0 Å². The Morgan fingerprint density at radius 2 is 1.65 bits per heavy atom. The van der Waals surface area contributed by atoms with Crippen LogP contribution in [-0.2, 0) is 22.9 Å². The first-order valence-electron chi connectivity index (χ1n) is 10.2. The lowest BCUT2D eigenvalue weighted by Crippen LogP contribution is -2.51. The molecule has 0 aromatic heterocycles. The fourth-order valence-corrected chi connectivity index (χ4v) is 5.77. The van der Waals surface area contributed by atoms with Gasteiger partial charge in [-0.1, -0.05) is 53.5 Å². The van der Waals surface area contributed by atoms with Crippen molar-refractivity contribution >= 4 is 38.9 Å². The summed E-state index contributed by atoms with van der Waals surface area (Å²) in [6.07, 6.45) is 1.56. The maximum Gasteiger partial charge on any atom is 0.240 e. The number of benzene rings is 3. The quantitative estimate of drug-likeness (QED) is 0.502. The Bertz CT molecular complexity index is 1150. The minimum Gasteiger partial charge on any atom is -0.366 e. The molecule has 0 radical (unpaired) electrons. The van der Waals surface area contributed by atoms with Crippen LogP contribution in [0.4, 0.5) is 5.69 Å². The van der Waals surface area contributed by atoms with Gasteiger partial charge in [0.1, 0.15) is 0 Å². The Morgan fingerprint density at radius 1 is 0.968 bits per heavy atom. The fourth-order valence-electron chi connectivity index (χ4n) is 4.15. The number of fused-ring (bicyclic) bond motifs is 1. The molecule has 3 aromatic carbocycles. The molecular formula is C24H24Cl2N2O2S. The summed E-state index contributed by atoms with van der Waals surface area (Å²) in [4.78, 5) is 2.55. The summed E-state index contributed by atoms with van der Waals surface area (Å²) in [5, 5.41) is 1.40. The van der Waals surface area contributed by atoms with Crippen LogP contribution < -0.4 is 9.62 Å². The van der Waals surface area contributed by atoms with E-state index in [0.29, 0.717) is 16.5 Å². The molecule has 0 saturated carbocycles. The molecule has 0 fully saturated rings. The first kappa shape index (κ1) is 22.2. The van der Waals surface area contributed by atoms with Crippen molar-refractivity contribution in [3.05, 3.63) is 94.0 Å². The van der Waals surface area contributed by atoms with Crippen molar-refractivity contribution in [3.63, 3.8) is 0 Å². The molecule has 3 aromatic rings. The third kappa shape index (κ3) is 5.07. The lowest BCUT2D eigenvalue weighted by Gasteiger charge is -2.35. The maximum absolute atomic E-state index is 13.0. The summed E-state index contributed by atoms with van der Waals surface area (Å²) < 4.78 is 28.9. The molecule has 1 N–H and O–H groups in total. The molecule has 0 bridgehead atoms. The highest BCUT2D eigenvalue weighted by Gasteiger charge is 2.32. The van der Waals surface area contributed by atoms with Gasteiger partial charge < -0.3 is 4.90 Å². The highest BCUT2D eigenvalue weighted by Crippen LogP contribution is 2.33. The van der Waals surface area contributed by atoms with Gasteiger partial charge in [0.05, 0.1) is 4.90 Å². The van der Waals surface area contributed by atoms with Crippen LogP contribution in [0.2, 0.25) is 10.0 Å². The van der Waals surface area contributed by atoms with Crippen molar-refractivity contribution in [2.24, 2.45) is 0 Å². The number of anilines is 1. The molecule has 4 nitrogen and oxygen atoms in total. The van der Waals surface area contributed by atoms with Crippen LogP contribution in [0.3, 0.4) is 0 Å². The lowest BCUT2D eigenvalue weighted by molar-refractivity contribution is 0.475. The van der Waals surface area contributed by atoms with E-state index in [4.69, 9.17) is 23.2 Å². The second kappa shape index (κ2) is 9.21. The summed E-state index contributed by atoms with van der Waals surface area (Å²) in [7, 11) is -3.64. The van der Waals surface area contributed by atoms with E-state index < -0.39 is 10.0 Å². The standard InChI is InChI=1S/C24H24Cl2N2O2S/c1-17(27-31(29,30)22-5-3-2-4-6-22)24(15-18-7-9-20(25)10-8-18)28-14-13-19-16-21(26)11-12-23(19)28/h2-12,16-17,24,27H,13-15H2,1H3. The van der Waals surface area contributed by atoms with Crippen LogP contribution in [0, 0.1) is 0 Å². The zero-order valence-corrected chi connectivity index (χ0v) is 19.5. The van der Waals surface area contributed by atoms with E-state index >= 15 is 0 Å².